The third kappa shape index (κ3) is 3.73. The summed E-state index contributed by atoms with van der Waals surface area (Å²) in [6.07, 6.45) is 1.69. The third-order valence-electron chi connectivity index (χ3n) is 5.63. The van der Waals surface area contributed by atoms with Crippen LogP contribution in [0.4, 0.5) is 0 Å². The van der Waals surface area contributed by atoms with Gasteiger partial charge < -0.3 is 15.0 Å². The number of halogens is 1. The van der Waals surface area contributed by atoms with Gasteiger partial charge in [0.05, 0.1) is 24.7 Å². The van der Waals surface area contributed by atoms with Gasteiger partial charge in [0.25, 0.3) is 0 Å². The van der Waals surface area contributed by atoms with E-state index in [2.05, 4.69) is 39.5 Å². The summed E-state index contributed by atoms with van der Waals surface area (Å²) in [6.45, 7) is 3.01. The van der Waals surface area contributed by atoms with Gasteiger partial charge in [0.2, 0.25) is 0 Å². The first kappa shape index (κ1) is 19.9. The second kappa shape index (κ2) is 7.63. The summed E-state index contributed by atoms with van der Waals surface area (Å²) in [5.41, 5.74) is 2.35. The summed E-state index contributed by atoms with van der Waals surface area (Å²) in [5, 5.41) is 3.38. The van der Waals surface area contributed by atoms with Crippen LogP contribution in [-0.2, 0) is 26.8 Å². The normalized spacial score (nSPS) is 29.7. The SMILES string of the molecule is CN=C(NCC1CCS(=O)(=O)C1)N1CCC2(C1)OCc1ccccc12.I. The molecule has 1 N–H and O–H groups in total. The van der Waals surface area contributed by atoms with E-state index in [1.165, 1.54) is 11.1 Å². The van der Waals surface area contributed by atoms with Crippen LogP contribution in [0.3, 0.4) is 0 Å². The molecule has 0 aliphatic carbocycles. The van der Waals surface area contributed by atoms with Gasteiger partial charge in [-0.2, -0.15) is 0 Å². The number of benzene rings is 1. The van der Waals surface area contributed by atoms with Crippen molar-refractivity contribution >= 4 is 39.8 Å². The maximum absolute atomic E-state index is 11.6. The predicted octanol–water partition coefficient (Wildman–Crippen LogP) is 1.75. The highest BCUT2D eigenvalue weighted by Crippen LogP contribution is 2.43. The molecule has 4 rings (SSSR count). The number of fused-ring (bicyclic) bond motifs is 2. The van der Waals surface area contributed by atoms with Gasteiger partial charge in [0.1, 0.15) is 5.60 Å². The molecule has 1 aromatic carbocycles. The lowest BCUT2D eigenvalue weighted by Crippen LogP contribution is -2.43. The molecule has 26 heavy (non-hydrogen) atoms. The van der Waals surface area contributed by atoms with Crippen molar-refractivity contribution in [2.45, 2.75) is 25.0 Å². The molecule has 3 heterocycles. The summed E-state index contributed by atoms with van der Waals surface area (Å²) in [5.74, 6) is 1.63. The van der Waals surface area contributed by atoms with E-state index >= 15 is 0 Å². The number of hydrogen-bond acceptors (Lipinski definition) is 4. The fraction of sp³-hybridized carbons (Fsp3) is 0.611. The van der Waals surface area contributed by atoms with Crippen LogP contribution in [0.5, 0.6) is 0 Å². The van der Waals surface area contributed by atoms with Gasteiger partial charge in [-0.05, 0) is 29.9 Å². The Labute approximate surface area is 172 Å². The van der Waals surface area contributed by atoms with Crippen molar-refractivity contribution in [3.05, 3.63) is 35.4 Å². The number of rotatable bonds is 2. The topological polar surface area (TPSA) is 71.0 Å². The summed E-state index contributed by atoms with van der Waals surface area (Å²) in [7, 11) is -1.05. The van der Waals surface area contributed by atoms with Crippen LogP contribution in [0.2, 0.25) is 0 Å². The van der Waals surface area contributed by atoms with E-state index in [4.69, 9.17) is 4.74 Å². The highest BCUT2D eigenvalue weighted by atomic mass is 127. The smallest absolute Gasteiger partial charge is 0.193 e. The molecular formula is C18H26IN3O3S. The zero-order valence-corrected chi connectivity index (χ0v) is 18.1. The van der Waals surface area contributed by atoms with Crippen molar-refractivity contribution in [1.29, 1.82) is 0 Å². The van der Waals surface area contributed by atoms with E-state index in [9.17, 15) is 8.42 Å². The minimum Gasteiger partial charge on any atom is -0.364 e. The lowest BCUT2D eigenvalue weighted by Gasteiger charge is -2.27. The minimum absolute atomic E-state index is 0. The Morgan fingerprint density at radius 3 is 2.96 bits per heavy atom. The number of ether oxygens (including phenoxy) is 1. The second-order valence-corrected chi connectivity index (χ2v) is 9.54. The number of aliphatic imine (C=N–C) groups is 1. The van der Waals surface area contributed by atoms with Gasteiger partial charge in [0.15, 0.2) is 15.8 Å². The number of sulfone groups is 1. The molecule has 0 bridgehead atoms. The number of likely N-dealkylation sites (tertiary alicyclic amines) is 1. The maximum atomic E-state index is 11.6. The first-order chi connectivity index (χ1) is 12.0. The highest BCUT2D eigenvalue weighted by Gasteiger charge is 2.46. The van der Waals surface area contributed by atoms with Gasteiger partial charge in [0, 0.05) is 20.1 Å². The average molecular weight is 491 g/mol. The van der Waals surface area contributed by atoms with Crippen LogP contribution < -0.4 is 5.32 Å². The first-order valence-electron chi connectivity index (χ1n) is 8.90. The van der Waals surface area contributed by atoms with Gasteiger partial charge >= 0.3 is 0 Å². The monoisotopic (exact) mass is 491 g/mol. The van der Waals surface area contributed by atoms with Crippen LogP contribution in [-0.4, -0.2) is 57.5 Å². The zero-order valence-electron chi connectivity index (χ0n) is 15.0. The van der Waals surface area contributed by atoms with Crippen molar-refractivity contribution < 1.29 is 13.2 Å². The molecule has 0 amide bonds. The maximum Gasteiger partial charge on any atom is 0.193 e. The molecule has 0 radical (unpaired) electrons. The number of nitrogens with one attached hydrogen (secondary N) is 1. The quantitative estimate of drug-likeness (QED) is 0.388. The van der Waals surface area contributed by atoms with Crippen molar-refractivity contribution in [2.24, 2.45) is 10.9 Å². The van der Waals surface area contributed by atoms with Gasteiger partial charge in [-0.3, -0.25) is 4.99 Å². The average Bonchev–Trinajstić information content (AvgIpc) is 3.28. The zero-order chi connectivity index (χ0) is 17.5. The third-order valence-corrected chi connectivity index (χ3v) is 7.47. The largest absolute Gasteiger partial charge is 0.364 e. The lowest BCUT2D eigenvalue weighted by molar-refractivity contribution is -0.0262. The first-order valence-corrected chi connectivity index (χ1v) is 10.7. The van der Waals surface area contributed by atoms with Crippen LogP contribution in [0.1, 0.15) is 24.0 Å². The van der Waals surface area contributed by atoms with E-state index in [1.54, 1.807) is 7.05 Å². The Morgan fingerprint density at radius 2 is 2.23 bits per heavy atom. The second-order valence-electron chi connectivity index (χ2n) is 7.31. The molecule has 6 nitrogen and oxygen atoms in total. The molecule has 3 aliphatic heterocycles. The molecule has 0 aromatic heterocycles. The molecule has 1 aromatic rings. The summed E-state index contributed by atoms with van der Waals surface area (Å²) in [6, 6.07) is 8.45. The van der Waals surface area contributed by atoms with E-state index in [1.807, 2.05) is 0 Å². The van der Waals surface area contributed by atoms with Crippen molar-refractivity contribution in [3.8, 4) is 0 Å². The molecule has 2 atom stereocenters. The molecule has 0 saturated carbocycles. The molecule has 8 heteroatoms. The predicted molar refractivity (Wildman–Crippen MR) is 113 cm³/mol. The van der Waals surface area contributed by atoms with E-state index in [0.29, 0.717) is 18.9 Å². The Bertz CT molecular complexity index is 799. The fourth-order valence-corrected chi connectivity index (χ4v) is 6.15. The van der Waals surface area contributed by atoms with Gasteiger partial charge in [-0.25, -0.2) is 8.42 Å². The Hall–Kier alpha value is -0.870. The van der Waals surface area contributed by atoms with E-state index in [0.717, 1.165) is 31.9 Å². The van der Waals surface area contributed by atoms with Gasteiger partial charge in [-0.1, -0.05) is 24.3 Å². The molecule has 144 valence electrons. The van der Waals surface area contributed by atoms with E-state index in [-0.39, 0.29) is 41.2 Å². The minimum atomic E-state index is -2.83. The molecule has 2 fully saturated rings. The number of guanidine groups is 1. The van der Waals surface area contributed by atoms with Crippen LogP contribution >= 0.6 is 24.0 Å². The lowest BCUT2D eigenvalue weighted by atomic mass is 9.92. The Kier molecular flexibility index (Phi) is 5.83. The summed E-state index contributed by atoms with van der Waals surface area (Å²) < 4.78 is 29.4. The molecular weight excluding hydrogens is 465 g/mol. The standard InChI is InChI=1S/C18H25N3O3S.HI/c1-19-17(20-10-14-6-9-25(22,23)12-14)21-8-7-18(13-21)16-5-3-2-4-15(16)11-24-18;/h2-5,14H,6-13H2,1H3,(H,19,20);1H. The fourth-order valence-electron chi connectivity index (χ4n) is 4.29. The van der Waals surface area contributed by atoms with Crippen molar-refractivity contribution in [2.75, 3.05) is 38.2 Å². The van der Waals surface area contributed by atoms with Crippen LogP contribution in [0.25, 0.3) is 0 Å². The molecule has 3 aliphatic rings. The molecule has 1 spiro atoms. The Morgan fingerprint density at radius 1 is 1.42 bits per heavy atom. The Balaban J connectivity index is 0.00000196. The number of nitrogens with zero attached hydrogens (tertiary/aromatic N) is 2. The van der Waals surface area contributed by atoms with Crippen LogP contribution in [0.15, 0.2) is 29.3 Å². The summed E-state index contributed by atoms with van der Waals surface area (Å²) in [4.78, 5) is 6.63. The van der Waals surface area contributed by atoms with Crippen molar-refractivity contribution in [1.82, 2.24) is 10.2 Å². The number of hydrogen-bond donors (Lipinski definition) is 1. The summed E-state index contributed by atoms with van der Waals surface area (Å²) >= 11 is 0. The van der Waals surface area contributed by atoms with Crippen LogP contribution in [0, 0.1) is 5.92 Å². The highest BCUT2D eigenvalue weighted by molar-refractivity contribution is 14.0. The van der Waals surface area contributed by atoms with Gasteiger partial charge in [-0.15, -0.1) is 24.0 Å². The van der Waals surface area contributed by atoms with E-state index < -0.39 is 9.84 Å². The van der Waals surface area contributed by atoms with Crippen molar-refractivity contribution in [3.63, 3.8) is 0 Å². The molecule has 2 unspecified atom stereocenters. The molecule has 2 saturated heterocycles.